The van der Waals surface area contributed by atoms with Crippen molar-refractivity contribution in [1.82, 2.24) is 4.81 Å². The van der Waals surface area contributed by atoms with Crippen LogP contribution in [-0.2, 0) is 0 Å². The van der Waals surface area contributed by atoms with Gasteiger partial charge in [-0.15, -0.1) is 0 Å². The lowest BCUT2D eigenvalue weighted by Gasteiger charge is -2.50. The van der Waals surface area contributed by atoms with Crippen LogP contribution in [0.15, 0.2) is 0 Å². The van der Waals surface area contributed by atoms with Gasteiger partial charge in [0.1, 0.15) is 6.17 Å². The first kappa shape index (κ1) is 9.43. The second kappa shape index (κ2) is 3.22. The Balaban J connectivity index is 2.14. The maximum atomic E-state index is 13.5. The Morgan fingerprint density at radius 1 is 1.46 bits per heavy atom. The van der Waals surface area contributed by atoms with Gasteiger partial charge in [-0.3, -0.25) is 0 Å². The van der Waals surface area contributed by atoms with E-state index >= 15 is 0 Å². The predicted molar refractivity (Wildman–Crippen MR) is 48.0 cm³/mol. The van der Waals surface area contributed by atoms with E-state index in [-0.39, 0.29) is 12.0 Å². The van der Waals surface area contributed by atoms with E-state index in [1.165, 1.54) is 0 Å². The first-order valence-electron chi connectivity index (χ1n) is 4.87. The molecule has 2 saturated heterocycles. The van der Waals surface area contributed by atoms with Gasteiger partial charge >= 0.3 is 7.05 Å². The van der Waals surface area contributed by atoms with Crippen molar-refractivity contribution >= 4 is 7.05 Å². The monoisotopic (exact) mass is 187 g/mol. The third kappa shape index (κ3) is 1.39. The smallest absolute Gasteiger partial charge is 0.376 e. The van der Waals surface area contributed by atoms with Crippen molar-refractivity contribution in [3.05, 3.63) is 0 Å². The largest absolute Gasteiger partial charge is 0.437 e. The third-order valence-electron chi connectivity index (χ3n) is 3.36. The molecule has 2 heterocycles. The highest BCUT2D eigenvalue weighted by Crippen LogP contribution is 2.37. The van der Waals surface area contributed by atoms with E-state index in [0.717, 1.165) is 12.8 Å². The summed E-state index contributed by atoms with van der Waals surface area (Å²) in [4.78, 5) is 1.76. The minimum absolute atomic E-state index is 0.00889. The summed E-state index contributed by atoms with van der Waals surface area (Å²) < 4.78 is 13.5. The molecule has 3 rings (SSSR count). The fraction of sp³-hybridized carbons (Fsp3) is 1.00. The number of nitrogens with zero attached hydrogens (tertiary/aromatic N) is 1. The van der Waals surface area contributed by atoms with Crippen LogP contribution in [0.3, 0.4) is 0 Å². The predicted octanol–water partition coefficient (Wildman–Crippen LogP) is -0.110. The zero-order valence-electron chi connectivity index (χ0n) is 7.73. The maximum absolute atomic E-state index is 13.5. The lowest BCUT2D eigenvalue weighted by atomic mass is 9.69. The Hall–Kier alpha value is -0.125. The van der Waals surface area contributed by atoms with Gasteiger partial charge in [0.25, 0.3) is 0 Å². The summed E-state index contributed by atoms with van der Waals surface area (Å²) in [6.45, 7) is 2.28. The molecule has 74 valence electrons. The molecule has 0 aromatic heterocycles. The van der Waals surface area contributed by atoms with Crippen molar-refractivity contribution in [2.24, 2.45) is 5.92 Å². The molecule has 2 N–H and O–H groups in total. The van der Waals surface area contributed by atoms with Gasteiger partial charge in [-0.05, 0) is 32.1 Å². The molecule has 2 bridgehead atoms. The van der Waals surface area contributed by atoms with E-state index < -0.39 is 19.3 Å². The van der Waals surface area contributed by atoms with Crippen LogP contribution in [0.1, 0.15) is 12.8 Å². The SMILES string of the molecule is CB(O)N1CC2CCC1[C@H](F)[C@@H]2O. The van der Waals surface area contributed by atoms with Crippen LogP contribution in [-0.4, -0.2) is 46.9 Å². The number of hydrogen-bond donors (Lipinski definition) is 2. The zero-order chi connectivity index (χ0) is 9.59. The quantitative estimate of drug-likeness (QED) is 0.563. The van der Waals surface area contributed by atoms with Crippen molar-refractivity contribution in [3.8, 4) is 0 Å². The van der Waals surface area contributed by atoms with Crippen LogP contribution >= 0.6 is 0 Å². The Morgan fingerprint density at radius 3 is 2.69 bits per heavy atom. The Bertz CT molecular complexity index is 203. The second-order valence-corrected chi connectivity index (χ2v) is 4.17. The van der Waals surface area contributed by atoms with Crippen LogP contribution in [0.25, 0.3) is 0 Å². The Labute approximate surface area is 77.7 Å². The van der Waals surface area contributed by atoms with E-state index in [1.54, 1.807) is 11.6 Å². The molecular formula is C8H15BFNO2. The fourth-order valence-corrected chi connectivity index (χ4v) is 2.59. The molecule has 2 unspecified atom stereocenters. The number of fused-ring (bicyclic) bond motifs is 3. The summed E-state index contributed by atoms with van der Waals surface area (Å²) >= 11 is 0. The van der Waals surface area contributed by atoms with E-state index in [1.807, 2.05) is 0 Å². The molecule has 3 aliphatic rings. The number of aliphatic hydroxyl groups excluding tert-OH is 1. The molecule has 1 saturated carbocycles. The molecule has 3 fully saturated rings. The third-order valence-corrected chi connectivity index (χ3v) is 3.36. The molecule has 1 aliphatic carbocycles. The molecule has 2 aliphatic heterocycles. The molecule has 4 atom stereocenters. The van der Waals surface area contributed by atoms with Crippen molar-refractivity contribution in [3.63, 3.8) is 0 Å². The molecule has 3 nitrogen and oxygen atoms in total. The summed E-state index contributed by atoms with van der Waals surface area (Å²) in [6.07, 6.45) is -0.348. The summed E-state index contributed by atoms with van der Waals surface area (Å²) in [5.74, 6) is 0.00889. The molecule has 13 heavy (non-hydrogen) atoms. The molecule has 0 radical (unpaired) electrons. The molecule has 0 amide bonds. The van der Waals surface area contributed by atoms with Crippen molar-refractivity contribution in [2.75, 3.05) is 6.54 Å². The van der Waals surface area contributed by atoms with E-state index in [0.29, 0.717) is 6.54 Å². The minimum Gasteiger partial charge on any atom is -0.437 e. The van der Waals surface area contributed by atoms with Crippen LogP contribution in [0.2, 0.25) is 6.82 Å². The number of alkyl halides is 1. The Kier molecular flexibility index (Phi) is 2.34. The van der Waals surface area contributed by atoms with E-state index in [4.69, 9.17) is 0 Å². The van der Waals surface area contributed by atoms with Gasteiger partial charge in [-0.2, -0.15) is 0 Å². The topological polar surface area (TPSA) is 43.7 Å². The van der Waals surface area contributed by atoms with Gasteiger partial charge in [0.2, 0.25) is 0 Å². The highest BCUT2D eigenvalue weighted by atomic mass is 19.1. The van der Waals surface area contributed by atoms with Gasteiger partial charge in [-0.25, -0.2) is 4.39 Å². The maximum Gasteiger partial charge on any atom is 0.376 e. The number of hydrogen-bond acceptors (Lipinski definition) is 3. The summed E-state index contributed by atoms with van der Waals surface area (Å²) in [5, 5.41) is 18.9. The van der Waals surface area contributed by atoms with Crippen LogP contribution in [0.4, 0.5) is 4.39 Å². The summed E-state index contributed by atoms with van der Waals surface area (Å²) in [6, 6.07) is -0.278. The lowest BCUT2D eigenvalue weighted by molar-refractivity contribution is -0.0859. The minimum atomic E-state index is -1.18. The van der Waals surface area contributed by atoms with Gasteiger partial charge < -0.3 is 14.9 Å². The molecule has 0 aromatic carbocycles. The van der Waals surface area contributed by atoms with E-state index in [9.17, 15) is 14.5 Å². The molecular weight excluding hydrogens is 172 g/mol. The summed E-state index contributed by atoms with van der Waals surface area (Å²) in [5.41, 5.74) is 0. The average molecular weight is 187 g/mol. The first-order chi connectivity index (χ1) is 6.11. The summed E-state index contributed by atoms with van der Waals surface area (Å²) in [7, 11) is -0.599. The number of aliphatic hydroxyl groups is 1. The molecule has 0 spiro atoms. The fourth-order valence-electron chi connectivity index (χ4n) is 2.59. The van der Waals surface area contributed by atoms with Crippen molar-refractivity contribution in [2.45, 2.75) is 38.0 Å². The van der Waals surface area contributed by atoms with Gasteiger partial charge in [0, 0.05) is 6.04 Å². The highest BCUT2D eigenvalue weighted by molar-refractivity contribution is 6.45. The van der Waals surface area contributed by atoms with Gasteiger partial charge in [-0.1, -0.05) is 0 Å². The lowest BCUT2D eigenvalue weighted by Crippen LogP contribution is -2.64. The van der Waals surface area contributed by atoms with Crippen LogP contribution in [0, 0.1) is 5.92 Å². The highest BCUT2D eigenvalue weighted by Gasteiger charge is 2.48. The number of rotatable bonds is 1. The van der Waals surface area contributed by atoms with Crippen LogP contribution < -0.4 is 0 Å². The van der Waals surface area contributed by atoms with Gasteiger partial charge in [0.15, 0.2) is 0 Å². The Morgan fingerprint density at radius 2 is 2.15 bits per heavy atom. The van der Waals surface area contributed by atoms with E-state index in [2.05, 4.69) is 0 Å². The standard InChI is InChI=1S/C8H15BFNO2/c1-9(13)11-4-5-2-3-6(11)7(10)8(5)12/h5-8,12-13H,2-4H2,1H3/t5?,6?,7-,8+/m0/s1. The second-order valence-electron chi connectivity index (χ2n) is 4.17. The number of piperidine rings is 2. The van der Waals surface area contributed by atoms with Crippen molar-refractivity contribution in [1.29, 1.82) is 0 Å². The zero-order valence-corrected chi connectivity index (χ0v) is 7.73. The average Bonchev–Trinajstić information content (AvgIpc) is 2.12. The molecule has 5 heteroatoms. The van der Waals surface area contributed by atoms with Crippen LogP contribution in [0.5, 0.6) is 0 Å². The number of halogens is 1. The van der Waals surface area contributed by atoms with Crippen molar-refractivity contribution < 1.29 is 14.5 Å². The van der Waals surface area contributed by atoms with Gasteiger partial charge in [0.05, 0.1) is 6.10 Å². The normalized spacial score (nSPS) is 45.2. The first-order valence-corrected chi connectivity index (χ1v) is 4.87. The molecule has 0 aromatic rings.